The number of carbonyl (C=O) groups excluding carboxylic acids is 2. The second-order valence-electron chi connectivity index (χ2n) is 5.93. The van der Waals surface area contributed by atoms with E-state index in [9.17, 15) is 19.5 Å². The molecule has 3 atom stereocenters. The first-order valence-electron chi connectivity index (χ1n) is 8.31. The molecule has 156 valence electrons. The van der Waals surface area contributed by atoms with Gasteiger partial charge in [0, 0.05) is 12.3 Å². The summed E-state index contributed by atoms with van der Waals surface area (Å²) in [7, 11) is 1.48. The molecule has 29 heavy (non-hydrogen) atoms. The molecule has 0 aliphatic carbocycles. The number of amides is 3. The van der Waals surface area contributed by atoms with Gasteiger partial charge in [-0.1, -0.05) is 5.16 Å². The fraction of sp³-hybridized carbons (Fsp3) is 0.375. The summed E-state index contributed by atoms with van der Waals surface area (Å²) in [4.78, 5) is 42.8. The summed E-state index contributed by atoms with van der Waals surface area (Å²) in [6, 6.07) is -0.513. The van der Waals surface area contributed by atoms with Gasteiger partial charge in [0.2, 0.25) is 17.6 Å². The third kappa shape index (κ3) is 5.87. The Labute approximate surface area is 164 Å². The van der Waals surface area contributed by atoms with E-state index in [1.165, 1.54) is 20.2 Å². The van der Waals surface area contributed by atoms with Crippen LogP contribution in [-0.4, -0.2) is 62.5 Å². The molecular formula is C16H20N6O7. The standard InChI is InChI=1S/C16H20N6O7/c1-7(23)12(15(25)26)20-16(27)19-10(6-11(17)24)14-21-13(22-29-14)9-5-8(28-2)3-4-18-9/h3-5,7,10,12,23H,6H2,1-2H3,(H2,17,24)(H,25,26)(H2,19,20,27)/t7?,10-,12-/m0/s1. The van der Waals surface area contributed by atoms with Crippen molar-refractivity contribution < 1.29 is 33.9 Å². The molecule has 0 aliphatic heterocycles. The van der Waals surface area contributed by atoms with Gasteiger partial charge in [-0.25, -0.2) is 9.59 Å². The summed E-state index contributed by atoms with van der Waals surface area (Å²) >= 11 is 0. The molecule has 2 heterocycles. The van der Waals surface area contributed by atoms with Crippen molar-refractivity contribution in [2.45, 2.75) is 31.5 Å². The number of pyridine rings is 1. The van der Waals surface area contributed by atoms with Gasteiger partial charge in [0.05, 0.1) is 19.6 Å². The fourth-order valence-electron chi connectivity index (χ4n) is 2.27. The third-order valence-corrected chi connectivity index (χ3v) is 3.68. The number of aliphatic hydroxyl groups excluding tert-OH is 1. The molecule has 0 bridgehead atoms. The SMILES string of the molecule is COc1ccnc(-c2noc([C@H](CC(N)=O)NC(=O)N[C@H](C(=O)O)C(C)O)n2)c1. The Kier molecular flexibility index (Phi) is 7.03. The van der Waals surface area contributed by atoms with E-state index in [0.29, 0.717) is 11.4 Å². The number of hydrogen-bond acceptors (Lipinski definition) is 9. The third-order valence-electron chi connectivity index (χ3n) is 3.68. The van der Waals surface area contributed by atoms with E-state index in [2.05, 4.69) is 25.8 Å². The van der Waals surface area contributed by atoms with Crippen LogP contribution in [0.5, 0.6) is 5.75 Å². The number of aromatic nitrogens is 3. The van der Waals surface area contributed by atoms with E-state index in [1.54, 1.807) is 12.1 Å². The second-order valence-corrected chi connectivity index (χ2v) is 5.93. The Bertz CT molecular complexity index is 884. The van der Waals surface area contributed by atoms with Crippen LogP contribution in [0.1, 0.15) is 25.3 Å². The molecule has 0 radical (unpaired) electrons. The Hall–Kier alpha value is -3.74. The van der Waals surface area contributed by atoms with E-state index >= 15 is 0 Å². The molecule has 13 heteroatoms. The average molecular weight is 408 g/mol. The number of carboxylic acids is 1. The van der Waals surface area contributed by atoms with Gasteiger partial charge in [-0.2, -0.15) is 4.98 Å². The number of nitrogens with zero attached hydrogens (tertiary/aromatic N) is 3. The number of nitrogens with two attached hydrogens (primary N) is 1. The van der Waals surface area contributed by atoms with E-state index in [0.717, 1.165) is 0 Å². The van der Waals surface area contributed by atoms with Gasteiger partial charge in [0.1, 0.15) is 17.5 Å². The van der Waals surface area contributed by atoms with Crippen molar-refractivity contribution in [3.05, 3.63) is 24.2 Å². The van der Waals surface area contributed by atoms with Crippen LogP contribution in [0.2, 0.25) is 0 Å². The summed E-state index contributed by atoms with van der Waals surface area (Å²) in [6.07, 6.45) is -0.284. The maximum absolute atomic E-state index is 12.1. The lowest BCUT2D eigenvalue weighted by Crippen LogP contribution is -2.52. The van der Waals surface area contributed by atoms with Gasteiger partial charge in [-0.15, -0.1) is 0 Å². The number of carbonyl (C=O) groups is 3. The van der Waals surface area contributed by atoms with Crippen molar-refractivity contribution in [3.63, 3.8) is 0 Å². The van der Waals surface area contributed by atoms with Crippen LogP contribution in [0.15, 0.2) is 22.9 Å². The zero-order valence-electron chi connectivity index (χ0n) is 15.5. The van der Waals surface area contributed by atoms with Crippen LogP contribution < -0.4 is 21.1 Å². The summed E-state index contributed by atoms with van der Waals surface area (Å²) in [6.45, 7) is 1.20. The number of carboxylic acid groups (broad SMARTS) is 1. The summed E-state index contributed by atoms with van der Waals surface area (Å²) in [5, 5.41) is 26.6. The van der Waals surface area contributed by atoms with Crippen molar-refractivity contribution in [1.29, 1.82) is 0 Å². The summed E-state index contributed by atoms with van der Waals surface area (Å²) in [5.41, 5.74) is 5.52. The first kappa shape index (κ1) is 21.6. The minimum absolute atomic E-state index is 0.0722. The number of ether oxygens (including phenoxy) is 1. The molecule has 6 N–H and O–H groups in total. The first-order chi connectivity index (χ1) is 13.7. The van der Waals surface area contributed by atoms with Gasteiger partial charge in [0.15, 0.2) is 6.04 Å². The number of aliphatic hydroxyl groups is 1. The molecule has 0 saturated carbocycles. The van der Waals surface area contributed by atoms with Gasteiger partial charge in [0.25, 0.3) is 0 Å². The van der Waals surface area contributed by atoms with Gasteiger partial charge in [-0.05, 0) is 13.0 Å². The highest BCUT2D eigenvalue weighted by atomic mass is 16.5. The molecule has 13 nitrogen and oxygen atoms in total. The van der Waals surface area contributed by atoms with Crippen LogP contribution in [0.25, 0.3) is 11.5 Å². The van der Waals surface area contributed by atoms with E-state index < -0.39 is 42.5 Å². The van der Waals surface area contributed by atoms with Crippen molar-refractivity contribution in [2.24, 2.45) is 5.73 Å². The van der Waals surface area contributed by atoms with Crippen LogP contribution in [-0.2, 0) is 9.59 Å². The van der Waals surface area contributed by atoms with Crippen LogP contribution in [0.4, 0.5) is 4.79 Å². The smallest absolute Gasteiger partial charge is 0.328 e. The summed E-state index contributed by atoms with van der Waals surface area (Å²) in [5.74, 6) is -1.79. The molecule has 0 spiro atoms. The lowest BCUT2D eigenvalue weighted by atomic mass is 10.2. The Morgan fingerprint density at radius 3 is 2.66 bits per heavy atom. The zero-order chi connectivity index (χ0) is 21.6. The lowest BCUT2D eigenvalue weighted by molar-refractivity contribution is -0.141. The van der Waals surface area contributed by atoms with E-state index in [4.69, 9.17) is 20.1 Å². The second kappa shape index (κ2) is 9.45. The Morgan fingerprint density at radius 2 is 2.07 bits per heavy atom. The topological polar surface area (TPSA) is 203 Å². The fourth-order valence-corrected chi connectivity index (χ4v) is 2.27. The normalized spacial score (nSPS) is 13.8. The van der Waals surface area contributed by atoms with Crippen LogP contribution in [0.3, 0.4) is 0 Å². The maximum Gasteiger partial charge on any atom is 0.328 e. The number of urea groups is 1. The number of hydrogen-bond donors (Lipinski definition) is 5. The van der Waals surface area contributed by atoms with Gasteiger partial charge >= 0.3 is 12.0 Å². The first-order valence-corrected chi connectivity index (χ1v) is 8.31. The quantitative estimate of drug-likeness (QED) is 0.349. The number of primary amides is 1. The molecule has 3 amide bonds. The molecule has 0 aromatic carbocycles. The van der Waals surface area contributed by atoms with Gasteiger partial charge in [-0.3, -0.25) is 9.78 Å². The molecule has 2 rings (SSSR count). The highest BCUT2D eigenvalue weighted by Crippen LogP contribution is 2.22. The Balaban J connectivity index is 2.20. The number of rotatable bonds is 9. The largest absolute Gasteiger partial charge is 0.497 e. The van der Waals surface area contributed by atoms with E-state index in [1.807, 2.05) is 0 Å². The molecule has 0 aliphatic rings. The number of methoxy groups -OCH3 is 1. The summed E-state index contributed by atoms with van der Waals surface area (Å²) < 4.78 is 10.2. The minimum atomic E-state index is -1.57. The van der Waals surface area contributed by atoms with Crippen molar-refractivity contribution in [3.8, 4) is 17.3 Å². The Morgan fingerprint density at radius 1 is 1.34 bits per heavy atom. The van der Waals surface area contributed by atoms with Crippen LogP contribution >= 0.6 is 0 Å². The molecule has 2 aromatic rings. The molecular weight excluding hydrogens is 388 g/mol. The molecule has 1 unspecified atom stereocenters. The zero-order valence-corrected chi connectivity index (χ0v) is 15.5. The predicted molar refractivity (Wildman–Crippen MR) is 95.4 cm³/mol. The lowest BCUT2D eigenvalue weighted by Gasteiger charge is -2.19. The number of aliphatic carboxylic acids is 1. The number of nitrogens with one attached hydrogen (secondary N) is 2. The molecule has 2 aromatic heterocycles. The minimum Gasteiger partial charge on any atom is -0.497 e. The maximum atomic E-state index is 12.1. The molecule has 0 saturated heterocycles. The van der Waals surface area contributed by atoms with Crippen LogP contribution in [0, 0.1) is 0 Å². The highest BCUT2D eigenvalue weighted by molar-refractivity contribution is 5.83. The van der Waals surface area contributed by atoms with Crippen molar-refractivity contribution >= 4 is 17.9 Å². The van der Waals surface area contributed by atoms with Crippen molar-refractivity contribution in [2.75, 3.05) is 7.11 Å². The predicted octanol–water partition coefficient (Wildman–Crippen LogP) is -0.810. The van der Waals surface area contributed by atoms with E-state index in [-0.39, 0.29) is 11.7 Å². The van der Waals surface area contributed by atoms with Crippen molar-refractivity contribution in [1.82, 2.24) is 25.8 Å². The highest BCUT2D eigenvalue weighted by Gasteiger charge is 2.28. The average Bonchev–Trinajstić information content (AvgIpc) is 3.15. The monoisotopic (exact) mass is 408 g/mol. The molecule has 0 fully saturated rings. The van der Waals surface area contributed by atoms with Gasteiger partial charge < -0.3 is 35.8 Å².